The molecule has 1 aromatic heterocycles. The molecule has 0 spiro atoms. The maximum atomic E-state index is 12.2. The Labute approximate surface area is 213 Å². The Balaban J connectivity index is 2.38. The van der Waals surface area contributed by atoms with Crippen molar-refractivity contribution in [1.82, 2.24) is 9.74 Å². The van der Waals surface area contributed by atoms with E-state index in [-0.39, 0.29) is 16.9 Å². The molecule has 16 heteroatoms. The van der Waals surface area contributed by atoms with E-state index in [4.69, 9.17) is 24.9 Å². The standard InChI is InChI=1S/C19H35N3O10S3/c1-19(2,14-21(20)7-8-30-11-12-31-10-9-29-3)34-33-13-6-15(35(26,27)28)18(25)32-22-16(23)4-5-17(22)24/h4-5,15,23-24H,6-14,20H2,1-3H3,(H,26,27,28). The highest BCUT2D eigenvalue weighted by Gasteiger charge is 2.34. The number of aromatic nitrogens is 1. The van der Waals surface area contributed by atoms with Gasteiger partial charge in [-0.1, -0.05) is 21.6 Å². The molecule has 0 aliphatic carbocycles. The van der Waals surface area contributed by atoms with Crippen LogP contribution in [0, 0.1) is 0 Å². The minimum Gasteiger partial charge on any atom is -0.492 e. The topological polar surface area (TPSA) is 183 Å². The zero-order valence-electron chi connectivity index (χ0n) is 20.0. The summed E-state index contributed by atoms with van der Waals surface area (Å²) in [5.74, 6) is 3.68. The van der Waals surface area contributed by atoms with E-state index >= 15 is 0 Å². The highest BCUT2D eigenvalue weighted by atomic mass is 33.1. The number of rotatable bonds is 19. The number of nitrogens with zero attached hydrogens (tertiary/aromatic N) is 2. The number of aromatic hydroxyl groups is 2. The predicted octanol–water partition coefficient (Wildman–Crippen LogP) is 0.516. The third kappa shape index (κ3) is 13.0. The monoisotopic (exact) mass is 561 g/mol. The number of carbonyl (C=O) groups is 1. The van der Waals surface area contributed by atoms with Gasteiger partial charge in [0, 0.05) is 42.8 Å². The molecule has 1 heterocycles. The normalized spacial score (nSPS) is 13.3. The zero-order valence-corrected chi connectivity index (χ0v) is 22.4. The summed E-state index contributed by atoms with van der Waals surface area (Å²) in [6, 6.07) is 2.09. The van der Waals surface area contributed by atoms with Crippen molar-refractivity contribution in [3.05, 3.63) is 12.1 Å². The van der Waals surface area contributed by atoms with Crippen molar-refractivity contribution in [1.29, 1.82) is 0 Å². The van der Waals surface area contributed by atoms with Crippen molar-refractivity contribution in [2.45, 2.75) is 30.3 Å². The largest absolute Gasteiger partial charge is 0.492 e. The highest BCUT2D eigenvalue weighted by molar-refractivity contribution is 8.77. The molecule has 1 rings (SSSR count). The molecule has 0 aliphatic heterocycles. The first-order valence-electron chi connectivity index (χ1n) is 10.6. The fourth-order valence-corrected chi connectivity index (χ4v) is 6.09. The van der Waals surface area contributed by atoms with Crippen LogP contribution in [0.25, 0.3) is 0 Å². The second-order valence-corrected chi connectivity index (χ2v) is 12.6. The number of hydrogen-bond donors (Lipinski definition) is 4. The minimum absolute atomic E-state index is 0.189. The van der Waals surface area contributed by atoms with Gasteiger partial charge in [-0.25, -0.2) is 9.80 Å². The number of hydrogen-bond acceptors (Lipinski definition) is 13. The molecule has 0 amide bonds. The van der Waals surface area contributed by atoms with E-state index in [2.05, 4.69) is 0 Å². The van der Waals surface area contributed by atoms with E-state index in [9.17, 15) is 28.0 Å². The van der Waals surface area contributed by atoms with E-state index in [1.807, 2.05) is 13.8 Å². The number of ether oxygens (including phenoxy) is 3. The van der Waals surface area contributed by atoms with Crippen LogP contribution in [0.2, 0.25) is 0 Å². The van der Waals surface area contributed by atoms with Crippen LogP contribution in [0.3, 0.4) is 0 Å². The van der Waals surface area contributed by atoms with Gasteiger partial charge in [0.15, 0.2) is 5.25 Å². The van der Waals surface area contributed by atoms with Crippen LogP contribution in [-0.4, -0.2) is 108 Å². The smallest absolute Gasteiger partial charge is 0.353 e. The van der Waals surface area contributed by atoms with Gasteiger partial charge < -0.3 is 29.3 Å². The van der Waals surface area contributed by atoms with Gasteiger partial charge in [0.05, 0.1) is 33.0 Å². The van der Waals surface area contributed by atoms with Crippen LogP contribution in [-0.2, 0) is 29.1 Å². The van der Waals surface area contributed by atoms with Gasteiger partial charge in [0.25, 0.3) is 10.1 Å². The summed E-state index contributed by atoms with van der Waals surface area (Å²) >= 11 is 0. The van der Waals surface area contributed by atoms with Gasteiger partial charge in [0.2, 0.25) is 11.8 Å². The third-order valence-electron chi connectivity index (χ3n) is 4.26. The molecule has 35 heavy (non-hydrogen) atoms. The zero-order chi connectivity index (χ0) is 26.5. The SMILES string of the molecule is COCCOCCOCCN(N)CC(C)(C)SSCCC(C(=O)On1c(O)ccc1O)S(=O)(=O)O. The summed E-state index contributed by atoms with van der Waals surface area (Å²) in [5, 5.41) is 18.8. The van der Waals surface area contributed by atoms with Crippen LogP contribution < -0.4 is 10.7 Å². The molecule has 0 saturated heterocycles. The Morgan fingerprint density at radius 3 is 2.29 bits per heavy atom. The number of carbonyl (C=O) groups excluding carboxylic acids is 1. The van der Waals surface area contributed by atoms with Gasteiger partial charge in [-0.05, 0) is 20.3 Å². The quantitative estimate of drug-likeness (QED) is 0.0602. The minimum atomic E-state index is -4.78. The molecule has 0 bridgehead atoms. The molecule has 1 aromatic rings. The highest BCUT2D eigenvalue weighted by Crippen LogP contribution is 2.36. The summed E-state index contributed by atoms with van der Waals surface area (Å²) in [6.45, 7) is 7.33. The molecule has 0 fully saturated rings. The molecule has 13 nitrogen and oxygen atoms in total. The van der Waals surface area contributed by atoms with Crippen molar-refractivity contribution in [2.75, 3.05) is 59.0 Å². The Bertz CT molecular complexity index is 847. The number of hydrazine groups is 1. The fourth-order valence-electron chi connectivity index (χ4n) is 2.63. The molecule has 1 atom stereocenters. The number of methoxy groups -OCH3 is 1. The lowest BCUT2D eigenvalue weighted by Gasteiger charge is -2.28. The second-order valence-electron chi connectivity index (χ2n) is 7.90. The van der Waals surface area contributed by atoms with Crippen LogP contribution in [0.1, 0.15) is 20.3 Å². The van der Waals surface area contributed by atoms with Gasteiger partial charge >= 0.3 is 5.97 Å². The summed E-state index contributed by atoms with van der Waals surface area (Å²) in [5.41, 5.74) is 0. The Morgan fingerprint density at radius 1 is 1.14 bits per heavy atom. The van der Waals surface area contributed by atoms with Gasteiger partial charge in [-0.15, -0.1) is 4.73 Å². The number of nitrogens with two attached hydrogens (primary N) is 1. The van der Waals surface area contributed by atoms with Crippen molar-refractivity contribution in [2.24, 2.45) is 5.84 Å². The Hall–Kier alpha value is -1.24. The molecule has 0 aliphatic rings. The summed E-state index contributed by atoms with van der Waals surface area (Å²) < 4.78 is 48.5. The van der Waals surface area contributed by atoms with E-state index < -0.39 is 33.1 Å². The predicted molar refractivity (Wildman–Crippen MR) is 133 cm³/mol. The van der Waals surface area contributed by atoms with Crippen LogP contribution in [0.4, 0.5) is 0 Å². The van der Waals surface area contributed by atoms with Gasteiger partial charge in [-0.2, -0.15) is 8.42 Å². The third-order valence-corrected chi connectivity index (χ3v) is 8.71. The van der Waals surface area contributed by atoms with Gasteiger partial charge in [0.1, 0.15) is 0 Å². The fraction of sp³-hybridized carbons (Fsp3) is 0.737. The lowest BCUT2D eigenvalue weighted by molar-refractivity contribution is -0.145. The van der Waals surface area contributed by atoms with Crippen LogP contribution in [0.5, 0.6) is 11.8 Å². The van der Waals surface area contributed by atoms with Crippen molar-refractivity contribution in [3.63, 3.8) is 0 Å². The Morgan fingerprint density at radius 2 is 1.71 bits per heavy atom. The maximum Gasteiger partial charge on any atom is 0.353 e. The average Bonchev–Trinajstić information content (AvgIpc) is 3.06. The maximum absolute atomic E-state index is 12.2. The summed E-state index contributed by atoms with van der Waals surface area (Å²) in [4.78, 5) is 17.0. The van der Waals surface area contributed by atoms with E-state index in [1.165, 1.54) is 21.6 Å². The van der Waals surface area contributed by atoms with Crippen LogP contribution >= 0.6 is 21.6 Å². The van der Waals surface area contributed by atoms with E-state index in [0.717, 1.165) is 12.1 Å². The van der Waals surface area contributed by atoms with Crippen molar-refractivity contribution < 1.29 is 47.0 Å². The molecule has 204 valence electrons. The Kier molecular flexibility index (Phi) is 14.3. The van der Waals surface area contributed by atoms with Crippen LogP contribution in [0.15, 0.2) is 12.1 Å². The summed E-state index contributed by atoms with van der Waals surface area (Å²) in [7, 11) is -0.425. The molecule has 0 radical (unpaired) electrons. The average molecular weight is 562 g/mol. The molecule has 0 aromatic carbocycles. The second kappa shape index (κ2) is 15.8. The molecule has 1 unspecified atom stereocenters. The first kappa shape index (κ1) is 31.8. The lowest BCUT2D eigenvalue weighted by Crippen LogP contribution is -2.43. The molecule has 0 saturated carbocycles. The summed E-state index contributed by atoms with van der Waals surface area (Å²) in [6.07, 6.45) is -0.249. The van der Waals surface area contributed by atoms with Gasteiger partial charge in [-0.3, -0.25) is 10.4 Å². The van der Waals surface area contributed by atoms with E-state index in [1.54, 1.807) is 12.1 Å². The first-order chi connectivity index (χ1) is 16.4. The first-order valence-corrected chi connectivity index (χ1v) is 14.4. The van der Waals surface area contributed by atoms with E-state index in [0.29, 0.717) is 50.9 Å². The molecular weight excluding hydrogens is 526 g/mol. The molecule has 5 N–H and O–H groups in total. The lowest BCUT2D eigenvalue weighted by atomic mass is 10.2. The van der Waals surface area contributed by atoms with Crippen molar-refractivity contribution in [3.8, 4) is 11.8 Å². The molecular formula is C19H35N3O10S3. The van der Waals surface area contributed by atoms with Crippen molar-refractivity contribution >= 4 is 37.7 Å².